The number of carbonyl (C=O) groups is 2. The van der Waals surface area contributed by atoms with Crippen LogP contribution in [0.2, 0.25) is 0 Å². The number of fused-ring (bicyclic) bond motifs is 1. The predicted octanol–water partition coefficient (Wildman–Crippen LogP) is 1.82. The van der Waals surface area contributed by atoms with E-state index < -0.39 is 0 Å². The van der Waals surface area contributed by atoms with Crippen LogP contribution in [0.4, 0.5) is 0 Å². The third-order valence-electron chi connectivity index (χ3n) is 3.65. The molecule has 0 spiro atoms. The van der Waals surface area contributed by atoms with Crippen LogP contribution < -0.4 is 0 Å². The first-order valence-corrected chi connectivity index (χ1v) is 8.48. The van der Waals surface area contributed by atoms with Crippen LogP contribution in [0.15, 0.2) is 24.3 Å². The molecule has 1 fully saturated rings. The van der Waals surface area contributed by atoms with E-state index in [4.69, 9.17) is 9.47 Å². The first kappa shape index (κ1) is 15.5. The Morgan fingerprint density at radius 1 is 1.32 bits per heavy atom. The van der Waals surface area contributed by atoms with E-state index in [1.165, 1.54) is 4.90 Å². The van der Waals surface area contributed by atoms with Gasteiger partial charge in [0.05, 0.1) is 30.9 Å². The normalized spacial score (nSPS) is 21.1. The molecule has 0 aromatic heterocycles. The smallest absolute Gasteiger partial charge is 0.261 e. The number of amides is 2. The van der Waals surface area contributed by atoms with E-state index in [9.17, 15) is 9.59 Å². The SMILES string of the molecule is CC(COCC1CO1)SCCN1C(=O)c2ccccc2C1=O. The lowest BCUT2D eigenvalue weighted by atomic mass is 10.1. The van der Waals surface area contributed by atoms with Gasteiger partial charge in [0.25, 0.3) is 11.8 Å². The van der Waals surface area contributed by atoms with Crippen LogP contribution in [-0.4, -0.2) is 60.2 Å². The van der Waals surface area contributed by atoms with Crippen molar-refractivity contribution in [3.05, 3.63) is 35.4 Å². The summed E-state index contributed by atoms with van der Waals surface area (Å²) in [5, 5.41) is 0.328. The van der Waals surface area contributed by atoms with Crippen molar-refractivity contribution in [2.24, 2.45) is 0 Å². The van der Waals surface area contributed by atoms with E-state index in [1.54, 1.807) is 36.0 Å². The number of carbonyl (C=O) groups excluding carboxylic acids is 2. The molecule has 1 saturated heterocycles. The molecule has 2 heterocycles. The number of thioether (sulfide) groups is 1. The van der Waals surface area contributed by atoms with E-state index in [0.29, 0.717) is 36.1 Å². The molecule has 22 heavy (non-hydrogen) atoms. The average molecular weight is 321 g/mol. The lowest BCUT2D eigenvalue weighted by Crippen LogP contribution is -2.32. The molecule has 2 unspecified atom stereocenters. The van der Waals surface area contributed by atoms with Gasteiger partial charge in [-0.05, 0) is 12.1 Å². The summed E-state index contributed by atoms with van der Waals surface area (Å²) in [5.41, 5.74) is 1.02. The van der Waals surface area contributed by atoms with Crippen LogP contribution in [0.1, 0.15) is 27.6 Å². The molecule has 2 aliphatic heterocycles. The molecule has 2 amide bonds. The highest BCUT2D eigenvalue weighted by atomic mass is 32.2. The number of hydrogen-bond donors (Lipinski definition) is 0. The first-order chi connectivity index (χ1) is 10.7. The van der Waals surface area contributed by atoms with E-state index >= 15 is 0 Å². The molecule has 5 nitrogen and oxygen atoms in total. The minimum atomic E-state index is -0.184. The fraction of sp³-hybridized carbons (Fsp3) is 0.500. The van der Waals surface area contributed by atoms with Crippen molar-refractivity contribution < 1.29 is 19.1 Å². The molecule has 0 bridgehead atoms. The van der Waals surface area contributed by atoms with Crippen LogP contribution in [0.3, 0.4) is 0 Å². The number of ether oxygens (including phenoxy) is 2. The van der Waals surface area contributed by atoms with E-state index in [0.717, 1.165) is 12.4 Å². The minimum Gasteiger partial charge on any atom is -0.378 e. The fourth-order valence-electron chi connectivity index (χ4n) is 2.37. The van der Waals surface area contributed by atoms with Crippen molar-refractivity contribution in [1.82, 2.24) is 4.90 Å². The Hall–Kier alpha value is -1.37. The molecule has 2 aliphatic rings. The summed E-state index contributed by atoms with van der Waals surface area (Å²) in [5.74, 6) is 0.350. The zero-order valence-electron chi connectivity index (χ0n) is 12.5. The van der Waals surface area contributed by atoms with E-state index in [2.05, 4.69) is 6.92 Å². The molecule has 0 N–H and O–H groups in total. The predicted molar refractivity (Wildman–Crippen MR) is 84.3 cm³/mol. The summed E-state index contributed by atoms with van der Waals surface area (Å²) < 4.78 is 10.6. The lowest BCUT2D eigenvalue weighted by Gasteiger charge is -2.16. The van der Waals surface area contributed by atoms with Gasteiger partial charge in [-0.2, -0.15) is 11.8 Å². The molecule has 0 saturated carbocycles. The Morgan fingerprint density at radius 3 is 2.55 bits per heavy atom. The monoisotopic (exact) mass is 321 g/mol. The Labute approximate surface area is 134 Å². The molecule has 118 valence electrons. The number of nitrogens with zero attached hydrogens (tertiary/aromatic N) is 1. The van der Waals surface area contributed by atoms with Crippen molar-refractivity contribution >= 4 is 23.6 Å². The maximum absolute atomic E-state index is 12.2. The van der Waals surface area contributed by atoms with Gasteiger partial charge in [-0.25, -0.2) is 0 Å². The summed E-state index contributed by atoms with van der Waals surface area (Å²) in [4.78, 5) is 25.7. The number of hydrogen-bond acceptors (Lipinski definition) is 5. The van der Waals surface area contributed by atoms with Gasteiger partial charge < -0.3 is 9.47 Å². The second kappa shape index (κ2) is 6.81. The second-order valence-electron chi connectivity index (χ2n) is 5.48. The van der Waals surface area contributed by atoms with Gasteiger partial charge >= 0.3 is 0 Å². The molecule has 6 heteroatoms. The zero-order chi connectivity index (χ0) is 15.5. The van der Waals surface area contributed by atoms with E-state index in [1.807, 2.05) is 0 Å². The van der Waals surface area contributed by atoms with Crippen LogP contribution in [0.25, 0.3) is 0 Å². The minimum absolute atomic E-state index is 0.184. The number of imide groups is 1. The van der Waals surface area contributed by atoms with Gasteiger partial charge in [-0.3, -0.25) is 14.5 Å². The third kappa shape index (κ3) is 3.51. The largest absolute Gasteiger partial charge is 0.378 e. The van der Waals surface area contributed by atoms with Crippen LogP contribution >= 0.6 is 11.8 Å². The van der Waals surface area contributed by atoms with Crippen molar-refractivity contribution in [3.8, 4) is 0 Å². The third-order valence-corrected chi connectivity index (χ3v) is 4.78. The molecule has 0 aliphatic carbocycles. The van der Waals surface area contributed by atoms with Gasteiger partial charge in [0.1, 0.15) is 6.10 Å². The Morgan fingerprint density at radius 2 is 1.95 bits per heavy atom. The Kier molecular flexibility index (Phi) is 4.81. The fourth-order valence-corrected chi connectivity index (χ4v) is 3.25. The summed E-state index contributed by atoms with van der Waals surface area (Å²) in [6.45, 7) is 4.64. The van der Waals surface area contributed by atoms with Crippen molar-refractivity contribution in [2.45, 2.75) is 18.3 Å². The molecule has 3 rings (SSSR count). The maximum Gasteiger partial charge on any atom is 0.261 e. The average Bonchev–Trinajstić information content (AvgIpc) is 3.31. The van der Waals surface area contributed by atoms with Gasteiger partial charge in [-0.1, -0.05) is 19.1 Å². The van der Waals surface area contributed by atoms with Gasteiger partial charge in [0.15, 0.2) is 0 Å². The van der Waals surface area contributed by atoms with Crippen molar-refractivity contribution in [1.29, 1.82) is 0 Å². The second-order valence-corrected chi connectivity index (χ2v) is 7.03. The summed E-state index contributed by atoms with van der Waals surface area (Å²) in [6.07, 6.45) is 0.288. The first-order valence-electron chi connectivity index (χ1n) is 7.43. The van der Waals surface area contributed by atoms with Crippen LogP contribution in [-0.2, 0) is 9.47 Å². The molecular formula is C16H19NO4S. The molecule has 0 radical (unpaired) electrons. The van der Waals surface area contributed by atoms with E-state index in [-0.39, 0.29) is 17.9 Å². The van der Waals surface area contributed by atoms with Crippen LogP contribution in [0.5, 0.6) is 0 Å². The topological polar surface area (TPSA) is 59.1 Å². The quantitative estimate of drug-likeness (QED) is 0.540. The van der Waals surface area contributed by atoms with Gasteiger partial charge in [0.2, 0.25) is 0 Å². The Balaban J connectivity index is 1.42. The molecule has 1 aromatic rings. The summed E-state index contributed by atoms with van der Waals surface area (Å²) in [6, 6.07) is 6.98. The maximum atomic E-state index is 12.2. The molecule has 1 aromatic carbocycles. The number of epoxide rings is 1. The number of benzene rings is 1. The zero-order valence-corrected chi connectivity index (χ0v) is 13.3. The highest BCUT2D eigenvalue weighted by molar-refractivity contribution is 7.99. The lowest BCUT2D eigenvalue weighted by molar-refractivity contribution is 0.0664. The highest BCUT2D eigenvalue weighted by Gasteiger charge is 2.34. The van der Waals surface area contributed by atoms with Crippen molar-refractivity contribution in [2.75, 3.05) is 32.1 Å². The summed E-state index contributed by atoms with van der Waals surface area (Å²) in [7, 11) is 0. The molecular weight excluding hydrogens is 302 g/mol. The van der Waals surface area contributed by atoms with Gasteiger partial charge in [-0.15, -0.1) is 0 Å². The van der Waals surface area contributed by atoms with Crippen LogP contribution in [0, 0.1) is 0 Å². The summed E-state index contributed by atoms with van der Waals surface area (Å²) >= 11 is 1.71. The number of rotatable bonds is 8. The Bertz CT molecular complexity index is 538. The van der Waals surface area contributed by atoms with Gasteiger partial charge in [0, 0.05) is 17.5 Å². The van der Waals surface area contributed by atoms with Crippen molar-refractivity contribution in [3.63, 3.8) is 0 Å². The molecule has 2 atom stereocenters. The highest BCUT2D eigenvalue weighted by Crippen LogP contribution is 2.23. The standard InChI is InChI=1S/C16H19NO4S/c1-11(8-20-9-12-10-21-12)22-7-6-17-15(18)13-4-2-3-5-14(13)16(17)19/h2-5,11-12H,6-10H2,1H3.